The number of hydrogen-bond donors (Lipinski definition) is 2. The molecular weight excluding hydrogens is 224 g/mol. The predicted molar refractivity (Wildman–Crippen MR) is 75.7 cm³/mol. The third kappa shape index (κ3) is 6.77. The van der Waals surface area contributed by atoms with Gasteiger partial charge in [0, 0.05) is 0 Å². The van der Waals surface area contributed by atoms with Gasteiger partial charge in [-0.1, -0.05) is 24.3 Å². The van der Waals surface area contributed by atoms with Gasteiger partial charge in [-0.2, -0.15) is 0 Å². The molecule has 0 fully saturated rings. The number of rotatable bonds is 6. The van der Waals surface area contributed by atoms with Crippen LogP contribution in [0.1, 0.15) is 51.7 Å². The minimum Gasteiger partial charge on any atom is -0.390 e. The maximum absolute atomic E-state index is 9.68. The molecule has 0 aromatic heterocycles. The number of hydrogen-bond acceptors (Lipinski definition) is 2. The molecule has 0 saturated heterocycles. The summed E-state index contributed by atoms with van der Waals surface area (Å²) in [5, 5.41) is 19.4. The standard InChI is InChI=1S/C16H26O2/c1-15(2,17)11-9-13-5-7-14(8-6-13)10-12-16(3,4)18/h5-8,17-18H,9-12H2,1-4H3. The van der Waals surface area contributed by atoms with Crippen molar-refractivity contribution in [2.24, 2.45) is 0 Å². The molecule has 1 rings (SSSR count). The molecule has 0 aliphatic heterocycles. The van der Waals surface area contributed by atoms with Crippen molar-refractivity contribution >= 4 is 0 Å². The molecule has 18 heavy (non-hydrogen) atoms. The molecule has 0 heterocycles. The second-order valence-corrected chi connectivity index (χ2v) is 6.44. The van der Waals surface area contributed by atoms with E-state index in [9.17, 15) is 10.2 Å². The molecule has 0 spiro atoms. The summed E-state index contributed by atoms with van der Waals surface area (Å²) < 4.78 is 0. The second-order valence-electron chi connectivity index (χ2n) is 6.44. The zero-order valence-corrected chi connectivity index (χ0v) is 12.0. The summed E-state index contributed by atoms with van der Waals surface area (Å²) in [6.07, 6.45) is 3.34. The van der Waals surface area contributed by atoms with E-state index in [-0.39, 0.29) is 0 Å². The summed E-state index contributed by atoms with van der Waals surface area (Å²) in [4.78, 5) is 0. The molecule has 102 valence electrons. The number of aryl methyl sites for hydroxylation is 2. The normalized spacial score (nSPS) is 12.8. The molecule has 1 aromatic carbocycles. The summed E-state index contributed by atoms with van der Waals surface area (Å²) in [6, 6.07) is 8.47. The maximum atomic E-state index is 9.68. The lowest BCUT2D eigenvalue weighted by atomic mass is 9.96. The van der Waals surface area contributed by atoms with E-state index in [4.69, 9.17) is 0 Å². The van der Waals surface area contributed by atoms with Gasteiger partial charge in [0.25, 0.3) is 0 Å². The van der Waals surface area contributed by atoms with Gasteiger partial charge in [0.05, 0.1) is 11.2 Å². The minimum atomic E-state index is -0.598. The Morgan fingerprint density at radius 3 is 1.22 bits per heavy atom. The molecule has 0 aliphatic rings. The molecule has 0 amide bonds. The fourth-order valence-corrected chi connectivity index (χ4v) is 1.77. The average Bonchev–Trinajstić information content (AvgIpc) is 2.23. The van der Waals surface area contributed by atoms with Crippen LogP contribution in [-0.2, 0) is 12.8 Å². The molecule has 0 radical (unpaired) electrons. The Balaban J connectivity index is 2.48. The Morgan fingerprint density at radius 1 is 0.722 bits per heavy atom. The Labute approximate surface area is 111 Å². The fourth-order valence-electron chi connectivity index (χ4n) is 1.77. The van der Waals surface area contributed by atoms with Crippen molar-refractivity contribution in [2.75, 3.05) is 0 Å². The van der Waals surface area contributed by atoms with Crippen LogP contribution in [-0.4, -0.2) is 21.4 Å². The summed E-state index contributed by atoms with van der Waals surface area (Å²) in [5.41, 5.74) is 1.31. The molecule has 0 saturated carbocycles. The first-order valence-electron chi connectivity index (χ1n) is 6.68. The van der Waals surface area contributed by atoms with Crippen LogP contribution in [0.2, 0.25) is 0 Å². The van der Waals surface area contributed by atoms with Crippen LogP contribution in [0, 0.1) is 0 Å². The minimum absolute atomic E-state index is 0.598. The van der Waals surface area contributed by atoms with Crippen LogP contribution in [0.3, 0.4) is 0 Å². The van der Waals surface area contributed by atoms with Crippen LogP contribution in [0.25, 0.3) is 0 Å². The zero-order valence-electron chi connectivity index (χ0n) is 12.0. The van der Waals surface area contributed by atoms with Crippen LogP contribution in [0.4, 0.5) is 0 Å². The Bertz CT molecular complexity index is 315. The van der Waals surface area contributed by atoms with Gasteiger partial charge >= 0.3 is 0 Å². The van der Waals surface area contributed by atoms with E-state index in [1.807, 2.05) is 27.7 Å². The molecule has 1 aromatic rings. The van der Waals surface area contributed by atoms with E-state index >= 15 is 0 Å². The summed E-state index contributed by atoms with van der Waals surface area (Å²) in [5.74, 6) is 0. The smallest absolute Gasteiger partial charge is 0.0594 e. The molecule has 2 N–H and O–H groups in total. The Morgan fingerprint density at radius 2 is 1.00 bits per heavy atom. The third-order valence-corrected chi connectivity index (χ3v) is 3.07. The van der Waals surface area contributed by atoms with Crippen LogP contribution >= 0.6 is 0 Å². The number of aliphatic hydroxyl groups is 2. The van der Waals surface area contributed by atoms with Gasteiger partial charge in [0.1, 0.15) is 0 Å². The van der Waals surface area contributed by atoms with Gasteiger partial charge in [-0.3, -0.25) is 0 Å². The molecule has 0 unspecified atom stereocenters. The van der Waals surface area contributed by atoms with Crippen molar-refractivity contribution in [2.45, 2.75) is 64.6 Å². The highest BCUT2D eigenvalue weighted by Crippen LogP contribution is 2.16. The van der Waals surface area contributed by atoms with E-state index in [1.54, 1.807) is 0 Å². The topological polar surface area (TPSA) is 40.5 Å². The molecular formula is C16H26O2. The third-order valence-electron chi connectivity index (χ3n) is 3.07. The molecule has 2 heteroatoms. The lowest BCUT2D eigenvalue weighted by molar-refractivity contribution is 0.0706. The summed E-state index contributed by atoms with van der Waals surface area (Å²) >= 11 is 0. The maximum Gasteiger partial charge on any atom is 0.0594 e. The lowest BCUT2D eigenvalue weighted by Gasteiger charge is -2.17. The molecule has 0 bridgehead atoms. The first-order chi connectivity index (χ1) is 8.16. The highest BCUT2D eigenvalue weighted by Gasteiger charge is 2.13. The van der Waals surface area contributed by atoms with Gasteiger partial charge in [-0.25, -0.2) is 0 Å². The highest BCUT2D eigenvalue weighted by molar-refractivity contribution is 5.23. The summed E-state index contributed by atoms with van der Waals surface area (Å²) in [7, 11) is 0. The highest BCUT2D eigenvalue weighted by atomic mass is 16.3. The van der Waals surface area contributed by atoms with Crippen molar-refractivity contribution in [1.29, 1.82) is 0 Å². The largest absolute Gasteiger partial charge is 0.390 e. The van der Waals surface area contributed by atoms with E-state index in [2.05, 4.69) is 24.3 Å². The van der Waals surface area contributed by atoms with Crippen molar-refractivity contribution in [3.8, 4) is 0 Å². The average molecular weight is 250 g/mol. The van der Waals surface area contributed by atoms with Crippen LogP contribution in [0.15, 0.2) is 24.3 Å². The van der Waals surface area contributed by atoms with Crippen molar-refractivity contribution in [3.63, 3.8) is 0 Å². The van der Waals surface area contributed by atoms with E-state index in [0.29, 0.717) is 0 Å². The lowest BCUT2D eigenvalue weighted by Crippen LogP contribution is -2.19. The van der Waals surface area contributed by atoms with Gasteiger partial charge < -0.3 is 10.2 Å². The fraction of sp³-hybridized carbons (Fsp3) is 0.625. The predicted octanol–water partition coefficient (Wildman–Crippen LogP) is 3.09. The van der Waals surface area contributed by atoms with Gasteiger partial charge in [-0.15, -0.1) is 0 Å². The second kappa shape index (κ2) is 5.85. The Hall–Kier alpha value is -0.860. The van der Waals surface area contributed by atoms with Crippen molar-refractivity contribution in [1.82, 2.24) is 0 Å². The van der Waals surface area contributed by atoms with Crippen molar-refractivity contribution < 1.29 is 10.2 Å². The first kappa shape index (κ1) is 15.2. The van der Waals surface area contributed by atoms with Crippen molar-refractivity contribution in [3.05, 3.63) is 35.4 Å². The quantitative estimate of drug-likeness (QED) is 0.814. The first-order valence-corrected chi connectivity index (χ1v) is 6.68. The van der Waals surface area contributed by atoms with E-state index in [0.717, 1.165) is 25.7 Å². The monoisotopic (exact) mass is 250 g/mol. The van der Waals surface area contributed by atoms with Crippen LogP contribution < -0.4 is 0 Å². The van der Waals surface area contributed by atoms with Gasteiger partial charge in [0.15, 0.2) is 0 Å². The van der Waals surface area contributed by atoms with E-state index < -0.39 is 11.2 Å². The van der Waals surface area contributed by atoms with Gasteiger partial charge in [0.2, 0.25) is 0 Å². The van der Waals surface area contributed by atoms with Gasteiger partial charge in [-0.05, 0) is 64.5 Å². The van der Waals surface area contributed by atoms with Crippen LogP contribution in [0.5, 0.6) is 0 Å². The SMILES string of the molecule is CC(C)(O)CCc1ccc(CCC(C)(C)O)cc1. The van der Waals surface area contributed by atoms with E-state index in [1.165, 1.54) is 11.1 Å². The number of benzene rings is 1. The summed E-state index contributed by atoms with van der Waals surface area (Å²) in [6.45, 7) is 7.35. The molecule has 0 atom stereocenters. The zero-order chi connectivity index (χ0) is 13.8. The Kier molecular flexibility index (Phi) is 4.94. The molecule has 0 aliphatic carbocycles. The molecule has 2 nitrogen and oxygen atoms in total.